The molecule has 2 N–H and O–H groups in total. The van der Waals surface area contributed by atoms with Crippen LogP contribution in [-0.4, -0.2) is 87.3 Å². The van der Waals surface area contributed by atoms with E-state index in [4.69, 9.17) is 43.5 Å². The number of carboxylic acid groups (broad SMARTS) is 2. The van der Waals surface area contributed by atoms with E-state index in [2.05, 4.69) is 11.9 Å². The zero-order valence-electron chi connectivity index (χ0n) is 24.6. The number of ether oxygens (including phenoxy) is 5. The number of hydrogen-bond acceptors (Lipinski definition) is 10. The summed E-state index contributed by atoms with van der Waals surface area (Å²) >= 11 is 1.55. The van der Waals surface area contributed by atoms with Crippen LogP contribution in [0, 0.1) is 0 Å². The van der Waals surface area contributed by atoms with Gasteiger partial charge in [0.05, 0.1) is 19.4 Å². The first-order valence-electron chi connectivity index (χ1n) is 13.7. The topological polar surface area (TPSA) is 144 Å². The second-order valence-corrected chi connectivity index (χ2v) is 10.9. The Morgan fingerprint density at radius 2 is 1.68 bits per heavy atom. The summed E-state index contributed by atoms with van der Waals surface area (Å²) in [4.78, 5) is 36.5. The van der Waals surface area contributed by atoms with E-state index >= 15 is 0 Å². The zero-order valence-corrected chi connectivity index (χ0v) is 25.4. The van der Waals surface area contributed by atoms with Gasteiger partial charge in [0.2, 0.25) is 12.7 Å². The van der Waals surface area contributed by atoms with Crippen molar-refractivity contribution in [2.75, 3.05) is 59.2 Å². The predicted octanol–water partition coefficient (Wildman–Crippen LogP) is 4.17. The second kappa shape index (κ2) is 15.2. The van der Waals surface area contributed by atoms with Crippen molar-refractivity contribution >= 4 is 35.3 Å². The van der Waals surface area contributed by atoms with Gasteiger partial charge in [0.15, 0.2) is 11.5 Å². The average molecular weight is 627 g/mol. The number of para-hydroxylation sites is 1. The lowest BCUT2D eigenvalue weighted by Crippen LogP contribution is -2.34. The molecule has 3 aromatic rings. The molecule has 0 aromatic heterocycles. The molecule has 12 nitrogen and oxygen atoms in total. The van der Waals surface area contributed by atoms with Gasteiger partial charge in [0.1, 0.15) is 29.1 Å². The highest BCUT2D eigenvalue weighted by atomic mass is 32.2. The summed E-state index contributed by atoms with van der Waals surface area (Å²) < 4.78 is 28.3. The van der Waals surface area contributed by atoms with Crippen molar-refractivity contribution in [3.05, 3.63) is 66.2 Å². The van der Waals surface area contributed by atoms with Crippen LogP contribution < -0.4 is 28.6 Å². The highest BCUT2D eigenvalue weighted by Crippen LogP contribution is 2.48. The first kappa shape index (κ1) is 32.3. The van der Waals surface area contributed by atoms with Crippen molar-refractivity contribution in [3.63, 3.8) is 0 Å². The van der Waals surface area contributed by atoms with E-state index in [0.717, 1.165) is 52.9 Å². The average Bonchev–Trinajstić information content (AvgIpc) is 3.50. The first-order valence-corrected chi connectivity index (χ1v) is 14.6. The largest absolute Gasteiger partial charge is 0.497 e. The van der Waals surface area contributed by atoms with Gasteiger partial charge < -0.3 is 43.7 Å². The number of anilines is 1. The van der Waals surface area contributed by atoms with Crippen molar-refractivity contribution in [1.82, 2.24) is 4.90 Å². The molecule has 0 saturated heterocycles. The molecule has 0 saturated carbocycles. The molecular formula is C31H34N2O10S. The minimum absolute atomic E-state index is 0.0198. The van der Waals surface area contributed by atoms with E-state index in [1.807, 2.05) is 67.7 Å². The monoisotopic (exact) mass is 626 g/mol. The van der Waals surface area contributed by atoms with Crippen LogP contribution in [0.25, 0.3) is 0 Å². The van der Waals surface area contributed by atoms with E-state index in [0.29, 0.717) is 24.7 Å². The van der Waals surface area contributed by atoms with Crippen LogP contribution >= 0.6 is 11.8 Å². The maximum absolute atomic E-state index is 13.3. The van der Waals surface area contributed by atoms with Crippen LogP contribution in [0.1, 0.15) is 17.2 Å². The number of carbonyl (C=O) groups excluding carboxylic acids is 1. The number of likely N-dealkylation sites (N-methyl/N-ethyl adjacent to an activating group) is 2. The fourth-order valence-electron chi connectivity index (χ4n) is 4.41. The highest BCUT2D eigenvalue weighted by molar-refractivity contribution is 8.00. The number of aliphatic carboxylic acids is 2. The molecule has 44 heavy (non-hydrogen) atoms. The van der Waals surface area contributed by atoms with Crippen LogP contribution in [0.5, 0.6) is 28.7 Å². The summed E-state index contributed by atoms with van der Waals surface area (Å²) in [6.07, 6.45) is 0.873. The van der Waals surface area contributed by atoms with E-state index in [-0.39, 0.29) is 12.7 Å². The number of carbonyl (C=O) groups is 3. The quantitative estimate of drug-likeness (QED) is 0.233. The van der Waals surface area contributed by atoms with Gasteiger partial charge in [0, 0.05) is 36.7 Å². The lowest BCUT2D eigenvalue weighted by molar-refractivity contribution is -0.159. The maximum atomic E-state index is 13.3. The summed E-state index contributed by atoms with van der Waals surface area (Å²) in [6, 6.07) is 19.2. The molecule has 5 rings (SSSR count). The molecule has 1 atom stereocenters. The summed E-state index contributed by atoms with van der Waals surface area (Å²) in [6.45, 7) is 2.96. The van der Waals surface area contributed by atoms with E-state index < -0.39 is 17.2 Å². The third-order valence-electron chi connectivity index (χ3n) is 6.74. The van der Waals surface area contributed by atoms with Gasteiger partial charge in [-0.2, -0.15) is 0 Å². The lowest BCUT2D eigenvalue weighted by atomic mass is 10.1. The summed E-state index contributed by atoms with van der Waals surface area (Å²) in [5.41, 5.74) is 1.74. The zero-order chi connectivity index (χ0) is 31.6. The van der Waals surface area contributed by atoms with Crippen LogP contribution in [0.15, 0.2) is 65.6 Å². The van der Waals surface area contributed by atoms with Crippen molar-refractivity contribution in [1.29, 1.82) is 0 Å². The van der Waals surface area contributed by atoms with Crippen molar-refractivity contribution in [2.24, 2.45) is 0 Å². The van der Waals surface area contributed by atoms with Crippen molar-refractivity contribution in [2.45, 2.75) is 16.6 Å². The summed E-state index contributed by atoms with van der Waals surface area (Å²) in [5.74, 6) is 0.0112. The second-order valence-electron chi connectivity index (χ2n) is 9.75. The summed E-state index contributed by atoms with van der Waals surface area (Å²) in [5, 5.41) is 14.4. The molecule has 1 unspecified atom stereocenters. The smallest absolute Gasteiger partial charge is 0.414 e. The minimum Gasteiger partial charge on any atom is -0.497 e. The normalized spacial score (nSPS) is 14.8. The maximum Gasteiger partial charge on any atom is 0.414 e. The molecule has 3 aromatic carbocycles. The molecule has 0 radical (unpaired) electrons. The number of nitrogens with zero attached hydrogens (tertiary/aromatic N) is 2. The molecule has 1 amide bonds. The first-order chi connectivity index (χ1) is 21.2. The van der Waals surface area contributed by atoms with Gasteiger partial charge in [-0.1, -0.05) is 12.1 Å². The summed E-state index contributed by atoms with van der Waals surface area (Å²) in [7, 11) is 5.51. The Bertz CT molecular complexity index is 1470. The van der Waals surface area contributed by atoms with E-state index in [1.165, 1.54) is 0 Å². The molecule has 2 heterocycles. The Morgan fingerprint density at radius 1 is 0.955 bits per heavy atom. The Morgan fingerprint density at radius 3 is 2.43 bits per heavy atom. The van der Waals surface area contributed by atoms with Gasteiger partial charge in [-0.05, 0) is 55.9 Å². The molecule has 234 valence electrons. The SMILES string of the molecule is COc1ccc(OCCN(C)CCCOc2ccc3c(c2)OCO3)c(C2Sc3ccccc3N(C)C2=O)c1.O=C(O)C(=O)O. The fourth-order valence-corrected chi connectivity index (χ4v) is 5.71. The number of carboxylic acids is 2. The molecule has 0 aliphatic carbocycles. The Hall–Kier alpha value is -4.62. The molecule has 13 heteroatoms. The minimum atomic E-state index is -1.82. The third kappa shape index (κ3) is 8.26. The number of thioether (sulfide) groups is 1. The van der Waals surface area contributed by atoms with Crippen molar-refractivity contribution in [3.8, 4) is 28.7 Å². The lowest BCUT2D eigenvalue weighted by Gasteiger charge is -2.32. The van der Waals surface area contributed by atoms with Crippen LogP contribution in [-0.2, 0) is 14.4 Å². The Labute approximate surface area is 259 Å². The Kier molecular flexibility index (Phi) is 11.2. The number of methoxy groups -OCH3 is 1. The number of rotatable bonds is 11. The van der Waals surface area contributed by atoms with Crippen LogP contribution in [0.2, 0.25) is 0 Å². The van der Waals surface area contributed by atoms with Gasteiger partial charge in [-0.15, -0.1) is 11.8 Å². The number of amides is 1. The highest BCUT2D eigenvalue weighted by Gasteiger charge is 2.34. The van der Waals surface area contributed by atoms with Gasteiger partial charge in [-0.25, -0.2) is 9.59 Å². The Balaban J connectivity index is 0.000000670. The number of benzene rings is 3. The van der Waals surface area contributed by atoms with E-state index in [9.17, 15) is 4.79 Å². The molecule has 2 aliphatic rings. The standard InChI is InChI=1S/C29H32N2O6S.C2H2O4/c1-30(13-6-15-34-21-10-12-25-26(18-21)37-19-36-25)14-16-35-24-11-9-20(33-3)17-22(24)28-29(32)31(2)23-7-4-5-8-27(23)38-28;3-1(4)2(5)6/h4-5,7-12,17-18,28H,6,13-16,19H2,1-3H3;(H,3,4)(H,5,6). The van der Waals surface area contributed by atoms with Gasteiger partial charge in [0.25, 0.3) is 0 Å². The number of fused-ring (bicyclic) bond motifs is 2. The predicted molar refractivity (Wildman–Crippen MR) is 162 cm³/mol. The molecule has 0 spiro atoms. The molecule has 2 aliphatic heterocycles. The fraction of sp³-hybridized carbons (Fsp3) is 0.323. The molecule has 0 fully saturated rings. The van der Waals surface area contributed by atoms with Gasteiger partial charge in [-0.3, -0.25) is 4.79 Å². The number of hydrogen-bond donors (Lipinski definition) is 2. The van der Waals surface area contributed by atoms with Crippen molar-refractivity contribution < 1.29 is 48.3 Å². The molecule has 0 bridgehead atoms. The van der Waals surface area contributed by atoms with Crippen LogP contribution in [0.4, 0.5) is 5.69 Å². The van der Waals surface area contributed by atoms with Gasteiger partial charge >= 0.3 is 11.9 Å². The molecular weight excluding hydrogens is 592 g/mol. The van der Waals surface area contributed by atoms with E-state index in [1.54, 1.807) is 23.8 Å². The van der Waals surface area contributed by atoms with Crippen LogP contribution in [0.3, 0.4) is 0 Å². The third-order valence-corrected chi connectivity index (χ3v) is 8.03.